The van der Waals surface area contributed by atoms with E-state index in [9.17, 15) is 4.79 Å². The van der Waals surface area contributed by atoms with Gasteiger partial charge in [-0.15, -0.1) is 0 Å². The van der Waals surface area contributed by atoms with Crippen molar-refractivity contribution in [1.29, 1.82) is 0 Å². The molecule has 1 aromatic carbocycles. The van der Waals surface area contributed by atoms with Gasteiger partial charge in [0.05, 0.1) is 0 Å². The molecule has 3 N–H and O–H groups in total. The quantitative estimate of drug-likeness (QED) is 0.546. The van der Waals surface area contributed by atoms with E-state index in [-0.39, 0.29) is 0 Å². The Morgan fingerprint density at radius 2 is 2.07 bits per heavy atom. The average molecular weight is 206 g/mol. The number of hydrogen-bond donors (Lipinski definition) is 2. The Balaban J connectivity index is 2.46. The molecule has 0 saturated carbocycles. The molecule has 0 radical (unpaired) electrons. The van der Waals surface area contributed by atoms with Gasteiger partial charge in [0.2, 0.25) is 0 Å². The predicted molar refractivity (Wildman–Crippen MR) is 55.0 cm³/mol. The van der Waals surface area contributed by atoms with Crippen molar-refractivity contribution in [2.75, 3.05) is 5.43 Å². The molecule has 1 aromatic heterocycles. The Morgan fingerprint density at radius 1 is 1.40 bits per heavy atom. The molecular weight excluding hydrogens is 196 g/mol. The second-order valence-electron chi connectivity index (χ2n) is 3.05. The SMILES string of the molecule is Cn1c(-c2ccc(NN)cc2)noc1=O. The molecule has 0 saturated heterocycles. The number of benzene rings is 1. The van der Waals surface area contributed by atoms with Crippen molar-refractivity contribution < 1.29 is 4.52 Å². The fraction of sp³-hybridized carbons (Fsp3) is 0.111. The molecule has 0 bridgehead atoms. The van der Waals surface area contributed by atoms with E-state index in [1.54, 1.807) is 31.3 Å². The minimum atomic E-state index is -0.481. The van der Waals surface area contributed by atoms with E-state index >= 15 is 0 Å². The fourth-order valence-electron chi connectivity index (χ4n) is 1.25. The highest BCUT2D eigenvalue weighted by Crippen LogP contribution is 2.17. The lowest BCUT2D eigenvalue weighted by Crippen LogP contribution is -2.10. The van der Waals surface area contributed by atoms with Gasteiger partial charge in [-0.1, -0.05) is 5.16 Å². The molecule has 1 heterocycles. The number of hydrogen-bond acceptors (Lipinski definition) is 5. The van der Waals surface area contributed by atoms with Crippen molar-refractivity contribution in [3.8, 4) is 11.4 Å². The summed E-state index contributed by atoms with van der Waals surface area (Å²) in [6, 6.07) is 7.17. The first kappa shape index (κ1) is 9.47. The van der Waals surface area contributed by atoms with Gasteiger partial charge in [-0.3, -0.25) is 14.9 Å². The van der Waals surface area contributed by atoms with Gasteiger partial charge in [-0.25, -0.2) is 4.79 Å². The van der Waals surface area contributed by atoms with Gasteiger partial charge in [0.25, 0.3) is 0 Å². The van der Waals surface area contributed by atoms with Crippen LogP contribution >= 0.6 is 0 Å². The molecule has 0 fully saturated rings. The highest BCUT2D eigenvalue weighted by atomic mass is 16.5. The van der Waals surface area contributed by atoms with Crippen molar-refractivity contribution in [2.45, 2.75) is 0 Å². The lowest BCUT2D eigenvalue weighted by atomic mass is 10.2. The van der Waals surface area contributed by atoms with Crippen LogP contribution in [0.25, 0.3) is 11.4 Å². The van der Waals surface area contributed by atoms with E-state index in [1.807, 2.05) is 0 Å². The number of hydrazine groups is 1. The maximum absolute atomic E-state index is 11.0. The molecule has 0 atom stereocenters. The van der Waals surface area contributed by atoms with Crippen LogP contribution in [0.1, 0.15) is 0 Å². The minimum absolute atomic E-state index is 0.481. The Morgan fingerprint density at radius 3 is 2.53 bits per heavy atom. The monoisotopic (exact) mass is 206 g/mol. The van der Waals surface area contributed by atoms with Crippen LogP contribution in [-0.2, 0) is 7.05 Å². The Labute approximate surface area is 85.3 Å². The predicted octanol–water partition coefficient (Wildman–Crippen LogP) is 0.326. The van der Waals surface area contributed by atoms with E-state index in [2.05, 4.69) is 15.1 Å². The van der Waals surface area contributed by atoms with Gasteiger partial charge in [0.1, 0.15) is 0 Å². The number of rotatable bonds is 2. The third-order valence-electron chi connectivity index (χ3n) is 2.11. The number of aromatic nitrogens is 2. The van der Waals surface area contributed by atoms with Crippen molar-refractivity contribution in [1.82, 2.24) is 9.72 Å². The topological polar surface area (TPSA) is 86.1 Å². The van der Waals surface area contributed by atoms with E-state index in [4.69, 9.17) is 5.84 Å². The third-order valence-corrected chi connectivity index (χ3v) is 2.11. The summed E-state index contributed by atoms with van der Waals surface area (Å²) in [5, 5.41) is 3.66. The van der Waals surface area contributed by atoms with E-state index in [1.165, 1.54) is 4.57 Å². The Hall–Kier alpha value is -2.08. The molecule has 6 nitrogen and oxygen atoms in total. The van der Waals surface area contributed by atoms with Crippen LogP contribution in [0.3, 0.4) is 0 Å². The normalized spacial score (nSPS) is 10.3. The van der Waals surface area contributed by atoms with E-state index in [0.29, 0.717) is 5.82 Å². The van der Waals surface area contributed by atoms with Gasteiger partial charge in [-0.2, -0.15) is 0 Å². The molecule has 15 heavy (non-hydrogen) atoms. The first-order chi connectivity index (χ1) is 7.22. The second-order valence-corrected chi connectivity index (χ2v) is 3.05. The lowest BCUT2D eigenvalue weighted by Gasteiger charge is -2.01. The second kappa shape index (κ2) is 3.58. The van der Waals surface area contributed by atoms with Gasteiger partial charge in [-0.05, 0) is 24.3 Å². The molecule has 2 rings (SSSR count). The molecule has 78 valence electrons. The Bertz CT molecular complexity index is 512. The van der Waals surface area contributed by atoms with Crippen molar-refractivity contribution in [3.63, 3.8) is 0 Å². The van der Waals surface area contributed by atoms with Crippen LogP contribution in [0, 0.1) is 0 Å². The van der Waals surface area contributed by atoms with Crippen LogP contribution in [0.15, 0.2) is 33.6 Å². The van der Waals surface area contributed by atoms with Crippen LogP contribution in [0.2, 0.25) is 0 Å². The van der Waals surface area contributed by atoms with Crippen LogP contribution in [-0.4, -0.2) is 9.72 Å². The van der Waals surface area contributed by atoms with E-state index in [0.717, 1.165) is 11.3 Å². The zero-order valence-electron chi connectivity index (χ0n) is 8.10. The largest absolute Gasteiger partial charge is 0.441 e. The van der Waals surface area contributed by atoms with Crippen molar-refractivity contribution in [3.05, 3.63) is 34.8 Å². The molecule has 0 amide bonds. The van der Waals surface area contributed by atoms with Crippen LogP contribution in [0.5, 0.6) is 0 Å². The number of anilines is 1. The standard InChI is InChI=1S/C9H10N4O2/c1-13-8(12-15-9(13)14)6-2-4-7(11-10)5-3-6/h2-5,11H,10H2,1H3. The summed E-state index contributed by atoms with van der Waals surface area (Å²) in [6.07, 6.45) is 0. The van der Waals surface area contributed by atoms with Crippen molar-refractivity contribution >= 4 is 5.69 Å². The van der Waals surface area contributed by atoms with Crippen molar-refractivity contribution in [2.24, 2.45) is 12.9 Å². The maximum atomic E-state index is 11.0. The summed E-state index contributed by atoms with van der Waals surface area (Å²) in [4.78, 5) is 11.0. The van der Waals surface area contributed by atoms with E-state index < -0.39 is 5.76 Å². The lowest BCUT2D eigenvalue weighted by molar-refractivity contribution is 0.380. The highest BCUT2D eigenvalue weighted by molar-refractivity contribution is 5.59. The summed E-state index contributed by atoms with van der Waals surface area (Å²) < 4.78 is 5.86. The summed E-state index contributed by atoms with van der Waals surface area (Å²) in [6.45, 7) is 0. The van der Waals surface area contributed by atoms with Crippen LogP contribution < -0.4 is 17.0 Å². The number of nitrogens with zero attached hydrogens (tertiary/aromatic N) is 2. The summed E-state index contributed by atoms with van der Waals surface area (Å²) in [5.41, 5.74) is 4.09. The summed E-state index contributed by atoms with van der Waals surface area (Å²) in [5.74, 6) is 5.24. The average Bonchev–Trinajstić information content (AvgIpc) is 2.60. The molecule has 0 spiro atoms. The third kappa shape index (κ3) is 1.62. The molecule has 0 unspecified atom stereocenters. The first-order valence-corrected chi connectivity index (χ1v) is 4.32. The molecule has 6 heteroatoms. The summed E-state index contributed by atoms with van der Waals surface area (Å²) in [7, 11) is 1.60. The van der Waals surface area contributed by atoms with Gasteiger partial charge in [0, 0.05) is 18.3 Å². The molecular formula is C9H10N4O2. The minimum Gasteiger partial charge on any atom is -0.324 e. The van der Waals surface area contributed by atoms with Gasteiger partial charge in [0.15, 0.2) is 5.82 Å². The van der Waals surface area contributed by atoms with Crippen LogP contribution in [0.4, 0.5) is 5.69 Å². The smallest absolute Gasteiger partial charge is 0.324 e. The molecule has 2 aromatic rings. The van der Waals surface area contributed by atoms with Gasteiger partial charge < -0.3 is 5.43 Å². The Kier molecular flexibility index (Phi) is 2.26. The zero-order chi connectivity index (χ0) is 10.8. The maximum Gasteiger partial charge on any atom is 0.441 e. The first-order valence-electron chi connectivity index (χ1n) is 4.32. The molecule has 0 aliphatic rings. The number of nitrogens with one attached hydrogen (secondary N) is 1. The molecule has 0 aliphatic carbocycles. The number of nitrogens with two attached hydrogens (primary N) is 1. The molecule has 0 aliphatic heterocycles. The zero-order valence-corrected chi connectivity index (χ0v) is 8.10. The highest BCUT2D eigenvalue weighted by Gasteiger charge is 2.08. The summed E-state index contributed by atoms with van der Waals surface area (Å²) >= 11 is 0. The fourth-order valence-corrected chi connectivity index (χ4v) is 1.25. The van der Waals surface area contributed by atoms with Gasteiger partial charge >= 0.3 is 5.76 Å². The number of nitrogen functional groups attached to an aromatic ring is 1.